The second-order valence-electron chi connectivity index (χ2n) is 5.80. The van der Waals surface area contributed by atoms with E-state index in [0.717, 1.165) is 19.3 Å². The van der Waals surface area contributed by atoms with Crippen molar-refractivity contribution >= 4 is 5.57 Å². The molecule has 2 heteroatoms. The van der Waals surface area contributed by atoms with E-state index in [0.29, 0.717) is 11.5 Å². The van der Waals surface area contributed by atoms with Gasteiger partial charge in [-0.3, -0.25) is 0 Å². The third kappa shape index (κ3) is 4.51. The Morgan fingerprint density at radius 3 is 2.09 bits per heavy atom. The van der Waals surface area contributed by atoms with E-state index in [1.807, 2.05) is 32.1 Å². The highest BCUT2D eigenvalue weighted by atomic mass is 16.3. The Hall–Kier alpha value is -1.96. The molecule has 1 atom stereocenters. The van der Waals surface area contributed by atoms with Crippen molar-refractivity contribution in [1.29, 1.82) is 0 Å². The van der Waals surface area contributed by atoms with E-state index in [4.69, 9.17) is 0 Å². The van der Waals surface area contributed by atoms with Crippen LogP contribution in [0.2, 0.25) is 0 Å². The Kier molecular flexibility index (Phi) is 7.15. The monoisotopic (exact) mass is 314 g/mol. The van der Waals surface area contributed by atoms with E-state index in [9.17, 15) is 10.2 Å². The van der Waals surface area contributed by atoms with Gasteiger partial charge in [-0.15, -0.1) is 0 Å². The summed E-state index contributed by atoms with van der Waals surface area (Å²) in [6.45, 7) is 10.6. The lowest BCUT2D eigenvalue weighted by atomic mass is 9.72. The number of aliphatic hydroxyl groups is 1. The molecule has 0 radical (unpaired) electrons. The molecule has 0 amide bonds. The Balaban J connectivity index is 0.00000127. The molecule has 0 heterocycles. The Morgan fingerprint density at radius 2 is 1.65 bits per heavy atom. The summed E-state index contributed by atoms with van der Waals surface area (Å²) in [6, 6.07) is 7.44. The van der Waals surface area contributed by atoms with Gasteiger partial charge in [0.25, 0.3) is 0 Å². The molecule has 0 spiro atoms. The normalized spacial score (nSPS) is 21.0. The van der Waals surface area contributed by atoms with Crippen molar-refractivity contribution in [3.8, 4) is 5.75 Å². The first-order valence-corrected chi connectivity index (χ1v) is 8.60. The average molecular weight is 314 g/mol. The van der Waals surface area contributed by atoms with Crippen LogP contribution in [0.15, 0.2) is 53.8 Å². The van der Waals surface area contributed by atoms with Crippen molar-refractivity contribution in [1.82, 2.24) is 0 Å². The van der Waals surface area contributed by atoms with Crippen LogP contribution in [-0.2, 0) is 0 Å². The number of hydrogen-bond donors (Lipinski definition) is 2. The third-order valence-electron chi connectivity index (χ3n) is 4.33. The average Bonchev–Trinajstić information content (AvgIpc) is 2.58. The van der Waals surface area contributed by atoms with Gasteiger partial charge in [-0.2, -0.15) is 0 Å². The van der Waals surface area contributed by atoms with E-state index in [2.05, 4.69) is 26.8 Å². The van der Waals surface area contributed by atoms with E-state index in [1.165, 1.54) is 16.7 Å². The van der Waals surface area contributed by atoms with Crippen molar-refractivity contribution in [2.45, 2.75) is 53.9 Å². The highest BCUT2D eigenvalue weighted by molar-refractivity contribution is 5.70. The van der Waals surface area contributed by atoms with E-state index in [-0.39, 0.29) is 5.41 Å². The number of phenols is 1. The fourth-order valence-electron chi connectivity index (χ4n) is 3.16. The first-order valence-electron chi connectivity index (χ1n) is 8.60. The minimum Gasteiger partial charge on any atom is -0.508 e. The summed E-state index contributed by atoms with van der Waals surface area (Å²) in [4.78, 5) is 0. The Labute approximate surface area is 140 Å². The van der Waals surface area contributed by atoms with Crippen LogP contribution < -0.4 is 0 Å². The molecule has 0 saturated carbocycles. The van der Waals surface area contributed by atoms with Crippen LogP contribution in [0.5, 0.6) is 5.75 Å². The summed E-state index contributed by atoms with van der Waals surface area (Å²) >= 11 is 0. The number of allylic oxidation sites excluding steroid dienone is 5. The van der Waals surface area contributed by atoms with Gasteiger partial charge < -0.3 is 10.2 Å². The van der Waals surface area contributed by atoms with Crippen molar-refractivity contribution in [2.75, 3.05) is 0 Å². The summed E-state index contributed by atoms with van der Waals surface area (Å²) in [6.07, 6.45) is 8.53. The number of aromatic hydroxyl groups is 1. The molecule has 0 aliphatic heterocycles. The third-order valence-corrected chi connectivity index (χ3v) is 4.33. The predicted molar refractivity (Wildman–Crippen MR) is 99.5 cm³/mol. The first kappa shape index (κ1) is 19.1. The van der Waals surface area contributed by atoms with Gasteiger partial charge in [0.1, 0.15) is 11.5 Å². The summed E-state index contributed by atoms with van der Waals surface area (Å²) in [5.74, 6) is 0.648. The molecule has 1 aliphatic rings. The van der Waals surface area contributed by atoms with Gasteiger partial charge in [0, 0.05) is 5.41 Å². The quantitative estimate of drug-likeness (QED) is 0.675. The molecule has 0 saturated heterocycles. The number of rotatable bonds is 4. The lowest BCUT2D eigenvalue weighted by Crippen LogP contribution is -2.19. The van der Waals surface area contributed by atoms with Gasteiger partial charge in [0.2, 0.25) is 0 Å². The number of aliphatic hydroxyl groups excluding tert-OH is 1. The fourth-order valence-corrected chi connectivity index (χ4v) is 3.16. The van der Waals surface area contributed by atoms with Gasteiger partial charge in [0.05, 0.1) is 0 Å². The zero-order valence-corrected chi connectivity index (χ0v) is 15.1. The van der Waals surface area contributed by atoms with Crippen molar-refractivity contribution in [3.05, 3.63) is 59.4 Å². The van der Waals surface area contributed by atoms with E-state index >= 15 is 0 Å². The van der Waals surface area contributed by atoms with Crippen LogP contribution >= 0.6 is 0 Å². The highest BCUT2D eigenvalue weighted by Gasteiger charge is 2.28. The van der Waals surface area contributed by atoms with Crippen LogP contribution in [-0.4, -0.2) is 10.2 Å². The molecule has 0 bridgehead atoms. The van der Waals surface area contributed by atoms with Crippen LogP contribution in [0.4, 0.5) is 0 Å². The zero-order valence-electron chi connectivity index (χ0n) is 15.1. The Bertz CT molecular complexity index is 591. The minimum absolute atomic E-state index is 0.0514. The standard InChI is InChI=1S/C19H24O2.C2H6/c1-4-17(14-6-8-15(20)9-7-14)18(5-2)19(3)12-10-16(21)11-13-19;1-2/h6-12,20-21H,4-5,13H2,1-3H3;1-2H3/b18-17+;. The highest BCUT2D eigenvalue weighted by Crippen LogP contribution is 2.43. The summed E-state index contributed by atoms with van der Waals surface area (Å²) in [5, 5.41) is 19.0. The fraction of sp³-hybridized carbons (Fsp3) is 0.429. The Morgan fingerprint density at radius 1 is 1.04 bits per heavy atom. The largest absolute Gasteiger partial charge is 0.508 e. The zero-order chi connectivity index (χ0) is 17.5. The molecule has 1 aliphatic carbocycles. The second kappa shape index (κ2) is 8.61. The molecule has 2 N–H and O–H groups in total. The molecule has 1 aromatic carbocycles. The topological polar surface area (TPSA) is 40.5 Å². The maximum Gasteiger partial charge on any atom is 0.115 e. The maximum absolute atomic E-state index is 9.57. The smallest absolute Gasteiger partial charge is 0.115 e. The van der Waals surface area contributed by atoms with Crippen molar-refractivity contribution in [2.24, 2.45) is 5.41 Å². The van der Waals surface area contributed by atoms with Crippen LogP contribution in [0.25, 0.3) is 5.57 Å². The van der Waals surface area contributed by atoms with Crippen LogP contribution in [0, 0.1) is 5.41 Å². The van der Waals surface area contributed by atoms with Crippen molar-refractivity contribution in [3.63, 3.8) is 0 Å². The van der Waals surface area contributed by atoms with Gasteiger partial charge in [-0.25, -0.2) is 0 Å². The summed E-state index contributed by atoms with van der Waals surface area (Å²) in [5.41, 5.74) is 3.85. The summed E-state index contributed by atoms with van der Waals surface area (Å²) < 4.78 is 0. The van der Waals surface area contributed by atoms with Gasteiger partial charge in [-0.1, -0.05) is 58.4 Å². The lowest BCUT2D eigenvalue weighted by Gasteiger charge is -2.32. The molecule has 0 fully saturated rings. The molecular formula is C21H30O2. The van der Waals surface area contributed by atoms with Crippen molar-refractivity contribution < 1.29 is 10.2 Å². The predicted octanol–water partition coefficient (Wildman–Crippen LogP) is 6.40. The number of benzene rings is 1. The second-order valence-corrected chi connectivity index (χ2v) is 5.80. The molecule has 0 aromatic heterocycles. The summed E-state index contributed by atoms with van der Waals surface area (Å²) in [7, 11) is 0. The number of phenolic OH excluding ortho intramolecular Hbond substituents is 1. The van der Waals surface area contributed by atoms with Gasteiger partial charge in [-0.05, 0) is 54.7 Å². The lowest BCUT2D eigenvalue weighted by molar-refractivity contribution is 0.405. The molecular weight excluding hydrogens is 284 g/mol. The molecule has 23 heavy (non-hydrogen) atoms. The molecule has 2 nitrogen and oxygen atoms in total. The molecule has 126 valence electrons. The molecule has 1 unspecified atom stereocenters. The SMILES string of the molecule is CC.CC/C(=C(/CC)C1(C)C=CC(O)=CC1)c1ccc(O)cc1. The maximum atomic E-state index is 9.57. The number of hydrogen-bond acceptors (Lipinski definition) is 2. The van der Waals surface area contributed by atoms with Gasteiger partial charge >= 0.3 is 0 Å². The van der Waals surface area contributed by atoms with Crippen LogP contribution in [0.1, 0.15) is 59.4 Å². The van der Waals surface area contributed by atoms with Gasteiger partial charge in [0.15, 0.2) is 0 Å². The van der Waals surface area contributed by atoms with E-state index in [1.54, 1.807) is 18.2 Å². The minimum atomic E-state index is -0.0514. The molecule has 2 rings (SSSR count). The van der Waals surface area contributed by atoms with Crippen LogP contribution in [0.3, 0.4) is 0 Å². The first-order chi connectivity index (χ1) is 11.0. The van der Waals surface area contributed by atoms with E-state index < -0.39 is 0 Å². The molecule has 1 aromatic rings.